The number of nitrogens with one attached hydrogen (secondary N) is 2. The van der Waals surface area contributed by atoms with Crippen LogP contribution in [0.3, 0.4) is 0 Å². The number of unbranched alkanes of at least 4 members (excludes halogenated alkanes) is 2. The molecule has 0 saturated heterocycles. The first-order valence-electron chi connectivity index (χ1n) is 6.80. The third-order valence-corrected chi connectivity index (χ3v) is 3.57. The molecule has 0 atom stereocenters. The predicted octanol–water partition coefficient (Wildman–Crippen LogP) is 3.06. The molecule has 0 saturated carbocycles. The molecule has 4 heteroatoms. The molecule has 0 unspecified atom stereocenters. The summed E-state index contributed by atoms with van der Waals surface area (Å²) in [5.41, 5.74) is 3.12. The minimum atomic E-state index is 0.401. The highest BCUT2D eigenvalue weighted by Gasteiger charge is 2.07. The molecule has 0 aliphatic heterocycles. The van der Waals surface area contributed by atoms with E-state index in [1.165, 1.54) is 12.8 Å². The smallest absolute Gasteiger partial charge is 0.124 e. The van der Waals surface area contributed by atoms with E-state index in [9.17, 15) is 4.79 Å². The summed E-state index contributed by atoms with van der Waals surface area (Å²) in [6.07, 6.45) is 5.82. The quantitative estimate of drug-likeness (QED) is 0.540. The monoisotopic (exact) mass is 282 g/mol. The van der Waals surface area contributed by atoms with Gasteiger partial charge < -0.3 is 15.4 Å². The van der Waals surface area contributed by atoms with Gasteiger partial charge in [-0.05, 0) is 56.1 Å². The molecule has 0 spiro atoms. The van der Waals surface area contributed by atoms with Crippen molar-refractivity contribution in [2.45, 2.75) is 32.1 Å². The molecule has 2 N–H and O–H groups in total. The van der Waals surface area contributed by atoms with E-state index in [1.54, 1.807) is 0 Å². The summed E-state index contributed by atoms with van der Waals surface area (Å²) in [7, 11) is 3.84. The second-order valence-corrected chi connectivity index (χ2v) is 5.04. The van der Waals surface area contributed by atoms with E-state index in [2.05, 4.69) is 16.7 Å². The zero-order valence-electron chi connectivity index (χ0n) is 11.8. The van der Waals surface area contributed by atoms with Gasteiger partial charge in [-0.2, -0.15) is 0 Å². The Balaban J connectivity index is 2.65. The normalized spacial score (nSPS) is 10.5. The molecule has 19 heavy (non-hydrogen) atoms. The van der Waals surface area contributed by atoms with E-state index in [4.69, 9.17) is 11.6 Å². The topological polar surface area (TPSA) is 41.1 Å². The molecular weight excluding hydrogens is 260 g/mol. The highest BCUT2D eigenvalue weighted by atomic mass is 35.5. The summed E-state index contributed by atoms with van der Waals surface area (Å²) in [6.45, 7) is 1.06. The van der Waals surface area contributed by atoms with Crippen LogP contribution in [-0.2, 0) is 17.6 Å². The zero-order chi connectivity index (χ0) is 14.1. The van der Waals surface area contributed by atoms with Crippen LogP contribution in [0.5, 0.6) is 0 Å². The Morgan fingerprint density at radius 2 is 1.95 bits per heavy atom. The van der Waals surface area contributed by atoms with Crippen molar-refractivity contribution in [1.29, 1.82) is 0 Å². The summed E-state index contributed by atoms with van der Waals surface area (Å²) in [4.78, 5) is 10.6. The highest BCUT2D eigenvalue weighted by Crippen LogP contribution is 2.26. The summed E-state index contributed by atoms with van der Waals surface area (Å²) in [6, 6.07) is 3.98. The van der Waals surface area contributed by atoms with Gasteiger partial charge in [0.15, 0.2) is 0 Å². The predicted molar refractivity (Wildman–Crippen MR) is 82.2 cm³/mol. The Labute approximate surface area is 120 Å². The third kappa shape index (κ3) is 5.21. The van der Waals surface area contributed by atoms with E-state index < -0.39 is 0 Å². The van der Waals surface area contributed by atoms with E-state index in [-0.39, 0.29) is 0 Å². The maximum Gasteiger partial charge on any atom is 0.124 e. The third-order valence-electron chi connectivity index (χ3n) is 3.22. The maximum atomic E-state index is 10.6. The second kappa shape index (κ2) is 8.94. The average Bonchev–Trinajstić information content (AvgIpc) is 2.41. The number of aldehydes is 1. The van der Waals surface area contributed by atoms with Crippen molar-refractivity contribution < 1.29 is 4.79 Å². The number of carbonyl (C=O) groups is 1. The van der Waals surface area contributed by atoms with E-state index in [0.29, 0.717) is 6.42 Å². The lowest BCUT2D eigenvalue weighted by Crippen LogP contribution is -2.07. The largest absolute Gasteiger partial charge is 0.388 e. The number of hydrogen-bond donors (Lipinski definition) is 2. The lowest BCUT2D eigenvalue weighted by atomic mass is 10.0. The Kier molecular flexibility index (Phi) is 7.53. The summed E-state index contributed by atoms with van der Waals surface area (Å²) in [5, 5.41) is 7.05. The van der Waals surface area contributed by atoms with Crippen LogP contribution in [0.2, 0.25) is 5.02 Å². The minimum Gasteiger partial charge on any atom is -0.388 e. The van der Waals surface area contributed by atoms with Crippen LogP contribution in [0.4, 0.5) is 5.69 Å². The molecule has 1 aromatic rings. The van der Waals surface area contributed by atoms with Crippen LogP contribution in [-0.4, -0.2) is 26.9 Å². The van der Waals surface area contributed by atoms with Gasteiger partial charge in [0, 0.05) is 24.2 Å². The molecule has 0 aliphatic carbocycles. The molecule has 3 nitrogen and oxygen atoms in total. The van der Waals surface area contributed by atoms with Crippen LogP contribution in [0.15, 0.2) is 12.1 Å². The molecule has 1 rings (SSSR count). The van der Waals surface area contributed by atoms with Crippen molar-refractivity contribution >= 4 is 23.6 Å². The fourth-order valence-electron chi connectivity index (χ4n) is 2.14. The first kappa shape index (κ1) is 16.0. The van der Waals surface area contributed by atoms with Crippen LogP contribution < -0.4 is 10.6 Å². The van der Waals surface area contributed by atoms with E-state index in [1.807, 2.05) is 20.2 Å². The lowest BCUT2D eigenvalue weighted by Gasteiger charge is -2.12. The summed E-state index contributed by atoms with van der Waals surface area (Å²) in [5.74, 6) is 0. The number of benzene rings is 1. The fraction of sp³-hybridized carbons (Fsp3) is 0.533. The number of hydrogen-bond acceptors (Lipinski definition) is 3. The standard InChI is InChI=1S/C15H23ClN2O/c1-17-8-5-3-4-6-12-11-15(18-2)13(7-9-19)10-14(12)16/h9-11,17-18H,3-8H2,1-2H3. The molecule has 0 fully saturated rings. The van der Waals surface area contributed by atoms with Gasteiger partial charge in [-0.3, -0.25) is 0 Å². The summed E-state index contributed by atoms with van der Waals surface area (Å²) < 4.78 is 0. The Morgan fingerprint density at radius 3 is 2.58 bits per heavy atom. The first-order chi connectivity index (χ1) is 9.22. The minimum absolute atomic E-state index is 0.401. The van der Waals surface area contributed by atoms with Crippen molar-refractivity contribution in [3.05, 3.63) is 28.3 Å². The van der Waals surface area contributed by atoms with Crippen molar-refractivity contribution in [2.24, 2.45) is 0 Å². The maximum absolute atomic E-state index is 10.6. The van der Waals surface area contributed by atoms with Gasteiger partial charge in [0.2, 0.25) is 0 Å². The van der Waals surface area contributed by atoms with Crippen molar-refractivity contribution in [3.63, 3.8) is 0 Å². The van der Waals surface area contributed by atoms with Gasteiger partial charge in [-0.15, -0.1) is 0 Å². The van der Waals surface area contributed by atoms with Crippen LogP contribution >= 0.6 is 11.6 Å². The average molecular weight is 283 g/mol. The summed E-state index contributed by atoms with van der Waals surface area (Å²) >= 11 is 6.28. The molecule has 0 radical (unpaired) electrons. The van der Waals surface area contributed by atoms with Gasteiger partial charge in [0.25, 0.3) is 0 Å². The van der Waals surface area contributed by atoms with Gasteiger partial charge >= 0.3 is 0 Å². The number of halogens is 1. The number of anilines is 1. The molecule has 106 valence electrons. The number of aryl methyl sites for hydroxylation is 1. The Hall–Kier alpha value is -1.06. The molecule has 0 bridgehead atoms. The van der Waals surface area contributed by atoms with Crippen LogP contribution in [0, 0.1) is 0 Å². The van der Waals surface area contributed by atoms with E-state index in [0.717, 1.165) is 47.5 Å². The molecule has 0 heterocycles. The first-order valence-corrected chi connectivity index (χ1v) is 7.18. The second-order valence-electron chi connectivity index (χ2n) is 4.64. The lowest BCUT2D eigenvalue weighted by molar-refractivity contribution is -0.107. The zero-order valence-corrected chi connectivity index (χ0v) is 12.5. The number of rotatable bonds is 9. The van der Waals surface area contributed by atoms with Crippen LogP contribution in [0.1, 0.15) is 30.4 Å². The molecular formula is C15H23ClN2O. The SMILES string of the molecule is CNCCCCCc1cc(NC)c(CC=O)cc1Cl. The van der Waals surface area contributed by atoms with Crippen molar-refractivity contribution in [2.75, 3.05) is 26.0 Å². The Morgan fingerprint density at radius 1 is 1.16 bits per heavy atom. The van der Waals surface area contributed by atoms with Crippen molar-refractivity contribution in [3.8, 4) is 0 Å². The van der Waals surface area contributed by atoms with Gasteiger partial charge in [-0.25, -0.2) is 0 Å². The molecule has 0 amide bonds. The van der Waals surface area contributed by atoms with Gasteiger partial charge in [0.05, 0.1) is 0 Å². The van der Waals surface area contributed by atoms with Crippen molar-refractivity contribution in [1.82, 2.24) is 5.32 Å². The van der Waals surface area contributed by atoms with Crippen LogP contribution in [0.25, 0.3) is 0 Å². The van der Waals surface area contributed by atoms with Gasteiger partial charge in [-0.1, -0.05) is 18.0 Å². The Bertz CT molecular complexity index is 407. The molecule has 0 aliphatic rings. The van der Waals surface area contributed by atoms with E-state index >= 15 is 0 Å². The number of carbonyl (C=O) groups excluding carboxylic acids is 1. The molecule has 1 aromatic carbocycles. The fourth-order valence-corrected chi connectivity index (χ4v) is 2.42. The molecule has 0 aromatic heterocycles. The highest BCUT2D eigenvalue weighted by molar-refractivity contribution is 6.31. The van der Waals surface area contributed by atoms with Gasteiger partial charge in [0.1, 0.15) is 6.29 Å².